The number of nitrogens with zero attached hydrogens (tertiary/aromatic N) is 2. The zero-order chi connectivity index (χ0) is 15.5. The quantitative estimate of drug-likeness (QED) is 0.875. The van der Waals surface area contributed by atoms with Gasteiger partial charge in [-0.05, 0) is 46.6 Å². The van der Waals surface area contributed by atoms with Gasteiger partial charge in [0, 0.05) is 25.3 Å². The second-order valence-electron chi connectivity index (χ2n) is 6.06. The van der Waals surface area contributed by atoms with E-state index in [9.17, 15) is 4.79 Å². The van der Waals surface area contributed by atoms with Crippen molar-refractivity contribution in [1.29, 1.82) is 0 Å². The number of carbonyl (C=O) groups is 1. The van der Waals surface area contributed by atoms with Gasteiger partial charge in [-0.15, -0.1) is 0 Å². The number of amides is 1. The molecule has 0 spiro atoms. The predicted molar refractivity (Wildman–Crippen MR) is 78.6 cm³/mol. The van der Waals surface area contributed by atoms with Crippen LogP contribution in [0.1, 0.15) is 37.7 Å². The fourth-order valence-corrected chi connectivity index (χ4v) is 2.03. The Kier molecular flexibility index (Phi) is 5.16. The maximum Gasteiger partial charge on any atom is 0.407 e. The Morgan fingerprint density at radius 3 is 2.45 bits per heavy atom. The zero-order valence-electron chi connectivity index (χ0n) is 13.3. The van der Waals surface area contributed by atoms with Crippen LogP contribution in [-0.4, -0.2) is 34.1 Å². The summed E-state index contributed by atoms with van der Waals surface area (Å²) in [6, 6.07) is -0.161. The smallest absolute Gasteiger partial charge is 0.407 e. The highest BCUT2D eigenvalue weighted by atomic mass is 16.6. The first-order chi connectivity index (χ1) is 9.14. The molecule has 1 heterocycles. The number of hydrogen-bond acceptors (Lipinski definition) is 4. The molecule has 0 radical (unpaired) electrons. The minimum absolute atomic E-state index is 0.161. The molecule has 1 rings (SSSR count). The standard InChI is InChI=1S/C14H26N4O2/c1-9-12(10(2)18(6)17-9)7-11(8-15)16-13(19)20-14(3,4)5/h11H,7-8,15H2,1-6H3,(H,16,19). The molecule has 1 unspecified atom stereocenters. The number of alkyl carbamates (subject to hydrolysis) is 1. The first kappa shape index (κ1) is 16.5. The molecule has 0 aliphatic rings. The van der Waals surface area contributed by atoms with Crippen LogP contribution in [0.4, 0.5) is 4.79 Å². The van der Waals surface area contributed by atoms with Crippen molar-refractivity contribution < 1.29 is 9.53 Å². The lowest BCUT2D eigenvalue weighted by molar-refractivity contribution is 0.0506. The Labute approximate surface area is 120 Å². The molecule has 0 aromatic carbocycles. The second-order valence-corrected chi connectivity index (χ2v) is 6.06. The first-order valence-electron chi connectivity index (χ1n) is 6.82. The number of aromatic nitrogens is 2. The van der Waals surface area contributed by atoms with E-state index in [1.54, 1.807) is 0 Å². The van der Waals surface area contributed by atoms with E-state index in [0.717, 1.165) is 17.0 Å². The molecule has 0 fully saturated rings. The minimum atomic E-state index is -0.511. The van der Waals surface area contributed by atoms with Gasteiger partial charge in [-0.3, -0.25) is 4.68 Å². The van der Waals surface area contributed by atoms with Gasteiger partial charge in [-0.2, -0.15) is 5.10 Å². The van der Waals surface area contributed by atoms with Crippen molar-refractivity contribution in [2.45, 2.75) is 52.7 Å². The summed E-state index contributed by atoms with van der Waals surface area (Å²) in [5, 5.41) is 7.18. The first-order valence-corrected chi connectivity index (χ1v) is 6.82. The van der Waals surface area contributed by atoms with Gasteiger partial charge < -0.3 is 15.8 Å². The SMILES string of the molecule is Cc1nn(C)c(C)c1CC(CN)NC(=O)OC(C)(C)C. The average Bonchev–Trinajstić information content (AvgIpc) is 2.52. The monoisotopic (exact) mass is 282 g/mol. The molecule has 0 bridgehead atoms. The molecule has 0 aliphatic carbocycles. The molecule has 0 saturated heterocycles. The molecule has 1 aromatic heterocycles. The number of nitrogens with one attached hydrogen (secondary N) is 1. The van der Waals surface area contributed by atoms with Gasteiger partial charge in [0.05, 0.1) is 5.69 Å². The van der Waals surface area contributed by atoms with Crippen molar-refractivity contribution in [2.24, 2.45) is 12.8 Å². The molecular formula is C14H26N4O2. The molecule has 0 saturated carbocycles. The number of hydrogen-bond donors (Lipinski definition) is 2. The van der Waals surface area contributed by atoms with E-state index in [4.69, 9.17) is 10.5 Å². The highest BCUT2D eigenvalue weighted by Gasteiger charge is 2.21. The molecule has 6 nitrogen and oxygen atoms in total. The van der Waals surface area contributed by atoms with Gasteiger partial charge in [-0.25, -0.2) is 4.79 Å². The Morgan fingerprint density at radius 2 is 2.05 bits per heavy atom. The van der Waals surface area contributed by atoms with Crippen LogP contribution < -0.4 is 11.1 Å². The summed E-state index contributed by atoms with van der Waals surface area (Å²) >= 11 is 0. The van der Waals surface area contributed by atoms with Crippen molar-refractivity contribution in [1.82, 2.24) is 15.1 Å². The molecule has 1 atom stereocenters. The largest absolute Gasteiger partial charge is 0.444 e. The lowest BCUT2D eigenvalue weighted by Gasteiger charge is -2.23. The third-order valence-electron chi connectivity index (χ3n) is 3.11. The molecule has 1 aromatic rings. The summed E-state index contributed by atoms with van der Waals surface area (Å²) in [5.41, 5.74) is 8.41. The Hall–Kier alpha value is -1.56. The summed E-state index contributed by atoms with van der Waals surface area (Å²) in [7, 11) is 1.91. The fraction of sp³-hybridized carbons (Fsp3) is 0.714. The molecular weight excluding hydrogens is 256 g/mol. The van der Waals surface area contributed by atoms with E-state index in [1.165, 1.54) is 0 Å². The van der Waals surface area contributed by atoms with Crippen LogP contribution in [0.25, 0.3) is 0 Å². The predicted octanol–water partition coefficient (Wildman–Crippen LogP) is 1.43. The van der Waals surface area contributed by atoms with Crippen molar-refractivity contribution in [3.05, 3.63) is 17.0 Å². The molecule has 0 aliphatic heterocycles. The van der Waals surface area contributed by atoms with Crippen molar-refractivity contribution in [2.75, 3.05) is 6.54 Å². The van der Waals surface area contributed by atoms with E-state index in [0.29, 0.717) is 13.0 Å². The topological polar surface area (TPSA) is 82.2 Å². The van der Waals surface area contributed by atoms with Crippen LogP contribution in [-0.2, 0) is 18.2 Å². The molecule has 3 N–H and O–H groups in total. The van der Waals surface area contributed by atoms with Crippen LogP contribution in [0.5, 0.6) is 0 Å². The van der Waals surface area contributed by atoms with Gasteiger partial charge in [0.15, 0.2) is 0 Å². The number of rotatable bonds is 4. The van der Waals surface area contributed by atoms with Gasteiger partial charge >= 0.3 is 6.09 Å². The van der Waals surface area contributed by atoms with E-state index < -0.39 is 11.7 Å². The van der Waals surface area contributed by atoms with Crippen LogP contribution in [0, 0.1) is 13.8 Å². The third-order valence-corrected chi connectivity index (χ3v) is 3.11. The summed E-state index contributed by atoms with van der Waals surface area (Å²) in [5.74, 6) is 0. The van der Waals surface area contributed by atoms with Crippen LogP contribution in [0.2, 0.25) is 0 Å². The van der Waals surface area contributed by atoms with Gasteiger partial charge in [0.25, 0.3) is 0 Å². The van der Waals surface area contributed by atoms with Crippen LogP contribution >= 0.6 is 0 Å². The number of aryl methyl sites for hydroxylation is 2. The van der Waals surface area contributed by atoms with E-state index in [2.05, 4.69) is 10.4 Å². The third kappa shape index (κ3) is 4.52. The van der Waals surface area contributed by atoms with Crippen molar-refractivity contribution in [3.8, 4) is 0 Å². The van der Waals surface area contributed by atoms with Crippen molar-refractivity contribution >= 4 is 6.09 Å². The highest BCUT2D eigenvalue weighted by Crippen LogP contribution is 2.14. The average molecular weight is 282 g/mol. The zero-order valence-corrected chi connectivity index (χ0v) is 13.3. The summed E-state index contributed by atoms with van der Waals surface area (Å²) in [6.07, 6.45) is 0.216. The molecule has 1 amide bonds. The van der Waals surface area contributed by atoms with Gasteiger partial charge in [-0.1, -0.05) is 0 Å². The number of carbonyl (C=O) groups excluding carboxylic acids is 1. The van der Waals surface area contributed by atoms with E-state index in [1.807, 2.05) is 46.3 Å². The Balaban J connectivity index is 2.70. The lowest BCUT2D eigenvalue weighted by atomic mass is 10.0. The minimum Gasteiger partial charge on any atom is -0.444 e. The molecule has 114 valence electrons. The normalized spacial score (nSPS) is 13.2. The van der Waals surface area contributed by atoms with Crippen molar-refractivity contribution in [3.63, 3.8) is 0 Å². The second kappa shape index (κ2) is 6.26. The Morgan fingerprint density at radius 1 is 1.45 bits per heavy atom. The van der Waals surface area contributed by atoms with Crippen LogP contribution in [0.3, 0.4) is 0 Å². The fourth-order valence-electron chi connectivity index (χ4n) is 2.03. The molecule has 6 heteroatoms. The maximum atomic E-state index is 11.8. The van der Waals surface area contributed by atoms with E-state index in [-0.39, 0.29) is 6.04 Å². The van der Waals surface area contributed by atoms with E-state index >= 15 is 0 Å². The summed E-state index contributed by atoms with van der Waals surface area (Å²) in [4.78, 5) is 11.8. The molecule has 20 heavy (non-hydrogen) atoms. The number of nitrogens with two attached hydrogens (primary N) is 1. The van der Waals surface area contributed by atoms with Gasteiger partial charge in [0.2, 0.25) is 0 Å². The van der Waals surface area contributed by atoms with Gasteiger partial charge in [0.1, 0.15) is 5.60 Å². The highest BCUT2D eigenvalue weighted by molar-refractivity contribution is 5.68. The lowest BCUT2D eigenvalue weighted by Crippen LogP contribution is -2.44. The number of ether oxygens (including phenoxy) is 1. The summed E-state index contributed by atoms with van der Waals surface area (Å²) < 4.78 is 7.09. The van der Waals surface area contributed by atoms with Crippen LogP contribution in [0.15, 0.2) is 0 Å². The Bertz CT molecular complexity index is 474. The maximum absolute atomic E-state index is 11.8. The summed E-state index contributed by atoms with van der Waals surface area (Å²) in [6.45, 7) is 9.82.